The second kappa shape index (κ2) is 7.61. The van der Waals surface area contributed by atoms with Crippen LogP contribution in [0.15, 0.2) is 6.07 Å². The van der Waals surface area contributed by atoms with Crippen molar-refractivity contribution in [1.82, 2.24) is 0 Å². The van der Waals surface area contributed by atoms with Gasteiger partial charge in [-0.25, -0.2) is 0 Å². The predicted molar refractivity (Wildman–Crippen MR) is 129 cm³/mol. The highest BCUT2D eigenvalue weighted by atomic mass is 14.7. The van der Waals surface area contributed by atoms with Gasteiger partial charge in [0.05, 0.1) is 0 Å². The van der Waals surface area contributed by atoms with E-state index in [1.165, 1.54) is 69.9 Å². The lowest BCUT2D eigenvalue weighted by molar-refractivity contribution is 0.278. The molecule has 0 amide bonds. The van der Waals surface area contributed by atoms with Crippen LogP contribution in [0, 0.1) is 0 Å². The Bertz CT molecular complexity index is 680. The largest absolute Gasteiger partial charge is 0.398 e. The summed E-state index contributed by atoms with van der Waals surface area (Å²) < 4.78 is 0. The van der Waals surface area contributed by atoms with E-state index in [0.29, 0.717) is 10.8 Å². The maximum atomic E-state index is 7.30. The Balaban J connectivity index is 2.46. The molecule has 1 heteroatoms. The molecule has 0 spiro atoms. The van der Waals surface area contributed by atoms with Crippen LogP contribution in [0.25, 0.3) is 0 Å². The van der Waals surface area contributed by atoms with Crippen LogP contribution in [0.3, 0.4) is 0 Å². The molecule has 29 heavy (non-hydrogen) atoms. The predicted octanol–water partition coefficient (Wildman–Crippen LogP) is 8.31. The van der Waals surface area contributed by atoms with Crippen molar-refractivity contribution in [2.45, 2.75) is 141 Å². The van der Waals surface area contributed by atoms with Crippen LogP contribution >= 0.6 is 0 Å². The van der Waals surface area contributed by atoms with E-state index in [1.54, 1.807) is 22.3 Å². The van der Waals surface area contributed by atoms with Crippen LogP contribution in [0.1, 0.15) is 142 Å². The second-order valence-corrected chi connectivity index (χ2v) is 10.4. The highest BCUT2D eigenvalue weighted by molar-refractivity contribution is 5.72. The summed E-state index contributed by atoms with van der Waals surface area (Å²) in [5, 5.41) is 0. The molecule has 0 heterocycles. The minimum absolute atomic E-state index is 0.261. The highest BCUT2D eigenvalue weighted by Gasteiger charge is 2.55. The molecule has 1 aromatic rings. The molecule has 0 radical (unpaired) electrons. The topological polar surface area (TPSA) is 26.0 Å². The smallest absolute Gasteiger partial charge is 0.0396 e. The number of fused-ring (bicyclic) bond motifs is 2. The highest BCUT2D eigenvalue weighted by Crippen LogP contribution is 2.64. The number of hydrogen-bond donors (Lipinski definition) is 1. The Morgan fingerprint density at radius 3 is 1.07 bits per heavy atom. The monoisotopic (exact) mass is 397 g/mol. The molecule has 1 nitrogen and oxygen atoms in total. The molecular formula is C28H47N. The number of benzene rings is 1. The van der Waals surface area contributed by atoms with Crippen LogP contribution in [-0.4, -0.2) is 0 Å². The molecular weight excluding hydrogens is 350 g/mol. The number of nitrogen functional groups attached to an aromatic ring is 1. The van der Waals surface area contributed by atoms with Gasteiger partial charge in [0.2, 0.25) is 0 Å². The lowest BCUT2D eigenvalue weighted by Crippen LogP contribution is -2.29. The first kappa shape index (κ1) is 22.7. The minimum atomic E-state index is 0.261. The van der Waals surface area contributed by atoms with Gasteiger partial charge >= 0.3 is 0 Å². The Labute approximate surface area is 181 Å². The van der Waals surface area contributed by atoms with Crippen molar-refractivity contribution in [3.8, 4) is 0 Å². The summed E-state index contributed by atoms with van der Waals surface area (Å²) in [7, 11) is 0. The van der Waals surface area contributed by atoms with E-state index < -0.39 is 0 Å². The van der Waals surface area contributed by atoms with Gasteiger partial charge in [0.1, 0.15) is 0 Å². The molecule has 0 unspecified atom stereocenters. The van der Waals surface area contributed by atoms with E-state index in [2.05, 4.69) is 61.5 Å². The van der Waals surface area contributed by atoms with Crippen molar-refractivity contribution in [1.29, 1.82) is 0 Å². The SMILES string of the molecule is CCC1(CC)CC(CC)(CC)c2c1cc1c(c2N)C(CC)(CC)CC1(CC)CC. The molecule has 164 valence electrons. The zero-order valence-electron chi connectivity index (χ0n) is 20.7. The molecule has 2 aliphatic carbocycles. The third kappa shape index (κ3) is 2.71. The summed E-state index contributed by atoms with van der Waals surface area (Å²) in [5.74, 6) is 0. The van der Waals surface area contributed by atoms with Crippen molar-refractivity contribution in [3.05, 3.63) is 28.3 Å². The van der Waals surface area contributed by atoms with E-state index in [0.717, 1.165) is 0 Å². The van der Waals surface area contributed by atoms with Crippen LogP contribution in [0.5, 0.6) is 0 Å². The Morgan fingerprint density at radius 1 is 0.552 bits per heavy atom. The van der Waals surface area contributed by atoms with E-state index in [9.17, 15) is 0 Å². The summed E-state index contributed by atoms with van der Waals surface area (Å²) in [6, 6.07) is 2.71. The molecule has 2 aliphatic rings. The van der Waals surface area contributed by atoms with Crippen LogP contribution in [-0.2, 0) is 21.7 Å². The van der Waals surface area contributed by atoms with Gasteiger partial charge in [0.15, 0.2) is 0 Å². The van der Waals surface area contributed by atoms with E-state index >= 15 is 0 Å². The summed E-state index contributed by atoms with van der Waals surface area (Å²) >= 11 is 0. The fraction of sp³-hybridized carbons (Fsp3) is 0.786. The van der Waals surface area contributed by atoms with Gasteiger partial charge < -0.3 is 5.73 Å². The third-order valence-corrected chi connectivity index (χ3v) is 10.3. The van der Waals surface area contributed by atoms with Gasteiger partial charge in [0.25, 0.3) is 0 Å². The second-order valence-electron chi connectivity index (χ2n) is 10.4. The first-order valence-corrected chi connectivity index (χ1v) is 12.8. The van der Waals surface area contributed by atoms with Crippen molar-refractivity contribution in [2.24, 2.45) is 0 Å². The summed E-state index contributed by atoms with van der Waals surface area (Å²) in [4.78, 5) is 0. The molecule has 3 rings (SSSR count). The molecule has 0 aromatic heterocycles. The first-order valence-electron chi connectivity index (χ1n) is 12.8. The lowest BCUT2D eigenvalue weighted by atomic mass is 9.69. The quantitative estimate of drug-likeness (QED) is 0.438. The number of hydrogen-bond acceptors (Lipinski definition) is 1. The Hall–Kier alpha value is -0.980. The maximum Gasteiger partial charge on any atom is 0.0396 e. The van der Waals surface area contributed by atoms with E-state index in [4.69, 9.17) is 5.73 Å². The summed E-state index contributed by atoms with van der Waals surface area (Å²) in [6.45, 7) is 19.2. The molecule has 2 N–H and O–H groups in total. The van der Waals surface area contributed by atoms with Gasteiger partial charge in [-0.05, 0) is 108 Å². The van der Waals surface area contributed by atoms with Crippen LogP contribution < -0.4 is 5.73 Å². The fourth-order valence-corrected chi connectivity index (χ4v) is 7.81. The van der Waals surface area contributed by atoms with Crippen molar-refractivity contribution >= 4 is 5.69 Å². The zero-order chi connectivity index (χ0) is 21.7. The average molecular weight is 398 g/mol. The molecule has 1 aromatic carbocycles. The van der Waals surface area contributed by atoms with Crippen LogP contribution in [0.2, 0.25) is 0 Å². The van der Waals surface area contributed by atoms with Gasteiger partial charge in [-0.1, -0.05) is 61.5 Å². The summed E-state index contributed by atoms with van der Waals surface area (Å²) in [5.41, 5.74) is 16.1. The molecule has 0 fully saturated rings. The number of rotatable bonds is 8. The fourth-order valence-electron chi connectivity index (χ4n) is 7.81. The average Bonchev–Trinajstić information content (AvgIpc) is 3.23. The van der Waals surface area contributed by atoms with Gasteiger partial charge in [-0.2, -0.15) is 0 Å². The molecule has 0 aliphatic heterocycles. The van der Waals surface area contributed by atoms with Crippen molar-refractivity contribution < 1.29 is 0 Å². The van der Waals surface area contributed by atoms with Crippen LogP contribution in [0.4, 0.5) is 5.69 Å². The third-order valence-electron chi connectivity index (χ3n) is 10.3. The van der Waals surface area contributed by atoms with Gasteiger partial charge in [0, 0.05) is 5.69 Å². The number of anilines is 1. The lowest BCUT2D eigenvalue weighted by Gasteiger charge is -2.35. The Morgan fingerprint density at radius 2 is 0.828 bits per heavy atom. The minimum Gasteiger partial charge on any atom is -0.398 e. The van der Waals surface area contributed by atoms with E-state index in [-0.39, 0.29) is 10.8 Å². The van der Waals surface area contributed by atoms with Crippen molar-refractivity contribution in [3.63, 3.8) is 0 Å². The summed E-state index contributed by atoms with van der Waals surface area (Å²) in [6.07, 6.45) is 12.3. The van der Waals surface area contributed by atoms with Gasteiger partial charge in [-0.15, -0.1) is 0 Å². The molecule has 0 saturated carbocycles. The molecule has 0 bridgehead atoms. The number of nitrogens with two attached hydrogens (primary N) is 1. The molecule has 0 saturated heterocycles. The van der Waals surface area contributed by atoms with Crippen molar-refractivity contribution in [2.75, 3.05) is 5.73 Å². The maximum absolute atomic E-state index is 7.30. The standard InChI is InChI=1S/C28H47N/c1-9-25(10-2)18-27(13-5,14-6)22-20(25)17-21-23(24(22)29)28(15-7,16-8)19-26(21,11-3)12-4/h17H,9-16,18-19,29H2,1-8H3. The normalized spacial score (nSPS) is 22.5. The molecule has 0 atom stereocenters. The van der Waals surface area contributed by atoms with E-state index in [1.807, 2.05) is 0 Å². The Kier molecular flexibility index (Phi) is 5.96. The first-order chi connectivity index (χ1) is 13.8. The van der Waals surface area contributed by atoms with Gasteiger partial charge in [-0.3, -0.25) is 0 Å². The zero-order valence-corrected chi connectivity index (χ0v) is 20.7.